The van der Waals surface area contributed by atoms with Gasteiger partial charge in [-0.15, -0.1) is 0 Å². The Bertz CT molecular complexity index is 1310. The Labute approximate surface area is 170 Å². The fraction of sp³-hybridized carbons (Fsp3) is 0.250. The van der Waals surface area contributed by atoms with Crippen LogP contribution < -0.4 is 10.9 Å². The number of hydrogen-bond acceptors (Lipinski definition) is 5. The molecule has 2 N–H and O–H groups in total. The van der Waals surface area contributed by atoms with E-state index in [9.17, 15) is 14.0 Å². The molecule has 0 aliphatic heterocycles. The van der Waals surface area contributed by atoms with E-state index in [1.165, 1.54) is 39.8 Å². The van der Waals surface area contributed by atoms with E-state index in [0.29, 0.717) is 17.2 Å². The normalized spacial score (nSPS) is 11.8. The van der Waals surface area contributed by atoms with Crippen molar-refractivity contribution in [3.63, 3.8) is 0 Å². The fourth-order valence-corrected chi connectivity index (χ4v) is 2.83. The van der Waals surface area contributed by atoms with Crippen LogP contribution in [0.4, 0.5) is 10.2 Å². The van der Waals surface area contributed by atoms with Crippen molar-refractivity contribution in [1.82, 2.24) is 29.5 Å². The summed E-state index contributed by atoms with van der Waals surface area (Å²) in [6, 6.07) is 7.36. The highest BCUT2D eigenvalue weighted by atomic mass is 19.1. The number of halogens is 1. The molecule has 30 heavy (non-hydrogen) atoms. The first kappa shape index (κ1) is 19.5. The van der Waals surface area contributed by atoms with Crippen LogP contribution in [0.15, 0.2) is 41.3 Å². The first-order valence-corrected chi connectivity index (χ1v) is 9.26. The predicted molar refractivity (Wildman–Crippen MR) is 109 cm³/mol. The number of fused-ring (bicyclic) bond motifs is 1. The molecule has 1 aromatic carbocycles. The Hall–Kier alpha value is -3.82. The maximum absolute atomic E-state index is 13.3. The van der Waals surface area contributed by atoms with Gasteiger partial charge in [0.15, 0.2) is 5.65 Å². The van der Waals surface area contributed by atoms with Crippen molar-refractivity contribution in [3.8, 4) is 11.6 Å². The minimum absolute atomic E-state index is 0.119. The smallest absolute Gasteiger partial charge is 0.263 e. The average molecular weight is 409 g/mol. The summed E-state index contributed by atoms with van der Waals surface area (Å²) in [7, 11) is 0. The van der Waals surface area contributed by atoms with Crippen LogP contribution in [0.25, 0.3) is 22.7 Å². The summed E-state index contributed by atoms with van der Waals surface area (Å²) >= 11 is 0. The monoisotopic (exact) mass is 409 g/mol. The number of nitrogens with one attached hydrogen (secondary N) is 2. The molecule has 3 heterocycles. The SMILES string of the molecule is Cc1cc(NC(=O)C(C)(C)C)n(-c2nc3c(cnn3-c3ccc(F)cc3)c(=O)[nH]2)n1. The number of rotatable bonds is 3. The second kappa shape index (κ2) is 6.90. The van der Waals surface area contributed by atoms with Gasteiger partial charge in [-0.25, -0.2) is 9.07 Å². The van der Waals surface area contributed by atoms with Crippen LogP contribution in [0.2, 0.25) is 0 Å². The summed E-state index contributed by atoms with van der Waals surface area (Å²) in [4.78, 5) is 32.3. The van der Waals surface area contributed by atoms with Gasteiger partial charge in [0.2, 0.25) is 11.9 Å². The molecule has 0 aliphatic rings. The molecule has 0 fully saturated rings. The van der Waals surface area contributed by atoms with Gasteiger partial charge in [-0.3, -0.25) is 14.6 Å². The van der Waals surface area contributed by atoms with Gasteiger partial charge >= 0.3 is 0 Å². The lowest BCUT2D eigenvalue weighted by atomic mass is 9.96. The summed E-state index contributed by atoms with van der Waals surface area (Å²) in [5, 5.41) is 11.7. The van der Waals surface area contributed by atoms with Gasteiger partial charge in [0, 0.05) is 11.5 Å². The van der Waals surface area contributed by atoms with Gasteiger partial charge in [0.05, 0.1) is 17.6 Å². The molecule has 0 spiro atoms. The zero-order valence-electron chi connectivity index (χ0n) is 16.9. The minimum Gasteiger partial charge on any atom is -0.310 e. The van der Waals surface area contributed by atoms with Crippen molar-refractivity contribution >= 4 is 22.8 Å². The van der Waals surface area contributed by atoms with Crippen LogP contribution >= 0.6 is 0 Å². The molecule has 4 aromatic rings. The number of hydrogen-bond donors (Lipinski definition) is 2. The molecular formula is C20H20FN7O2. The third-order valence-corrected chi connectivity index (χ3v) is 4.45. The third kappa shape index (κ3) is 3.47. The van der Waals surface area contributed by atoms with E-state index in [1.54, 1.807) is 33.8 Å². The van der Waals surface area contributed by atoms with Gasteiger partial charge in [0.1, 0.15) is 17.0 Å². The quantitative estimate of drug-likeness (QED) is 0.541. The minimum atomic E-state index is -0.616. The lowest BCUT2D eigenvalue weighted by Crippen LogP contribution is -2.29. The molecule has 0 aliphatic carbocycles. The van der Waals surface area contributed by atoms with Gasteiger partial charge in [0.25, 0.3) is 5.56 Å². The summed E-state index contributed by atoms with van der Waals surface area (Å²) in [5.41, 5.74) is 0.434. The van der Waals surface area contributed by atoms with E-state index >= 15 is 0 Å². The highest BCUT2D eigenvalue weighted by Gasteiger charge is 2.24. The maximum atomic E-state index is 13.3. The van der Waals surface area contributed by atoms with E-state index in [0.717, 1.165) is 0 Å². The largest absolute Gasteiger partial charge is 0.310 e. The molecule has 0 bridgehead atoms. The first-order valence-electron chi connectivity index (χ1n) is 9.26. The second-order valence-electron chi connectivity index (χ2n) is 7.95. The number of anilines is 1. The van der Waals surface area contributed by atoms with E-state index in [2.05, 4.69) is 25.5 Å². The van der Waals surface area contributed by atoms with E-state index in [1.807, 2.05) is 0 Å². The Morgan fingerprint density at radius 3 is 2.53 bits per heavy atom. The number of H-pyrrole nitrogens is 1. The van der Waals surface area contributed by atoms with Crippen molar-refractivity contribution in [2.24, 2.45) is 5.41 Å². The van der Waals surface area contributed by atoms with Crippen LogP contribution in [0, 0.1) is 18.2 Å². The van der Waals surface area contributed by atoms with Crippen LogP contribution in [0.5, 0.6) is 0 Å². The lowest BCUT2D eigenvalue weighted by molar-refractivity contribution is -0.123. The van der Waals surface area contributed by atoms with E-state index < -0.39 is 11.0 Å². The van der Waals surface area contributed by atoms with Crippen LogP contribution in [0.3, 0.4) is 0 Å². The molecule has 3 aromatic heterocycles. The average Bonchev–Trinajstić information content (AvgIpc) is 3.25. The lowest BCUT2D eigenvalue weighted by Gasteiger charge is -2.17. The first-order chi connectivity index (χ1) is 14.1. The molecule has 0 unspecified atom stereocenters. The van der Waals surface area contributed by atoms with Gasteiger partial charge in [-0.1, -0.05) is 20.8 Å². The number of nitrogens with zero attached hydrogens (tertiary/aromatic N) is 5. The highest BCUT2D eigenvalue weighted by molar-refractivity contribution is 5.94. The van der Waals surface area contributed by atoms with E-state index in [4.69, 9.17) is 0 Å². The number of carbonyl (C=O) groups excluding carboxylic acids is 1. The van der Waals surface area contributed by atoms with Gasteiger partial charge in [-0.2, -0.15) is 19.9 Å². The van der Waals surface area contributed by atoms with Crippen LogP contribution in [-0.2, 0) is 4.79 Å². The van der Waals surface area contributed by atoms with Crippen LogP contribution in [-0.4, -0.2) is 35.4 Å². The zero-order valence-corrected chi connectivity index (χ0v) is 16.9. The van der Waals surface area contributed by atoms with Gasteiger partial charge in [-0.05, 0) is 31.2 Å². The number of aromatic amines is 1. The van der Waals surface area contributed by atoms with Crippen molar-refractivity contribution in [2.75, 3.05) is 5.32 Å². The molecule has 0 radical (unpaired) electrons. The topological polar surface area (TPSA) is 110 Å². The Morgan fingerprint density at radius 1 is 1.17 bits per heavy atom. The summed E-state index contributed by atoms with van der Waals surface area (Å²) in [5.74, 6) is -0.0900. The summed E-state index contributed by atoms with van der Waals surface area (Å²) in [6.07, 6.45) is 1.39. The van der Waals surface area contributed by atoms with Crippen molar-refractivity contribution < 1.29 is 9.18 Å². The summed E-state index contributed by atoms with van der Waals surface area (Å²) < 4.78 is 16.1. The molecule has 4 rings (SSSR count). The molecule has 154 valence electrons. The van der Waals surface area contributed by atoms with Gasteiger partial charge < -0.3 is 5.32 Å². The molecule has 9 nitrogen and oxygen atoms in total. The predicted octanol–water partition coefficient (Wildman–Crippen LogP) is 2.73. The maximum Gasteiger partial charge on any atom is 0.263 e. The molecule has 0 atom stereocenters. The fourth-order valence-electron chi connectivity index (χ4n) is 2.83. The van der Waals surface area contributed by atoms with Crippen molar-refractivity contribution in [3.05, 3.63) is 58.4 Å². The number of aromatic nitrogens is 6. The van der Waals surface area contributed by atoms with Crippen molar-refractivity contribution in [1.29, 1.82) is 0 Å². The number of amides is 1. The molecule has 1 amide bonds. The van der Waals surface area contributed by atoms with E-state index in [-0.39, 0.29) is 28.7 Å². The number of benzene rings is 1. The van der Waals surface area contributed by atoms with Crippen molar-refractivity contribution in [2.45, 2.75) is 27.7 Å². The Morgan fingerprint density at radius 2 is 1.87 bits per heavy atom. The van der Waals surface area contributed by atoms with Crippen LogP contribution in [0.1, 0.15) is 26.5 Å². The molecule has 10 heteroatoms. The third-order valence-electron chi connectivity index (χ3n) is 4.45. The second-order valence-corrected chi connectivity index (χ2v) is 7.95. The molecule has 0 saturated heterocycles. The Kier molecular flexibility index (Phi) is 4.49. The number of aryl methyl sites for hydroxylation is 1. The summed E-state index contributed by atoms with van der Waals surface area (Å²) in [6.45, 7) is 7.15. The zero-order chi connectivity index (χ0) is 21.6. The number of carbonyl (C=O) groups is 1. The molecular weight excluding hydrogens is 389 g/mol. The molecule has 0 saturated carbocycles. The standard InChI is InChI=1S/C20H20FN7O2/c1-11-9-15(23-18(30)20(2,3)4)28(26-11)19-24-16-14(17(29)25-19)10-22-27(16)13-7-5-12(21)6-8-13/h5-10H,1-4H3,(H,23,30)(H,24,25,29). The Balaban J connectivity index is 1.85. The highest BCUT2D eigenvalue weighted by Crippen LogP contribution is 2.21.